The highest BCUT2D eigenvalue weighted by Gasteiger charge is 2.28. The molecule has 0 aliphatic carbocycles. The summed E-state index contributed by atoms with van der Waals surface area (Å²) in [6, 6.07) is 2.16. The lowest BCUT2D eigenvalue weighted by atomic mass is 10.1. The fourth-order valence-corrected chi connectivity index (χ4v) is 3.06. The van der Waals surface area contributed by atoms with Crippen molar-refractivity contribution in [3.8, 4) is 0 Å². The highest BCUT2D eigenvalue weighted by molar-refractivity contribution is 5.92. The van der Waals surface area contributed by atoms with Gasteiger partial charge in [0.15, 0.2) is 5.69 Å². The van der Waals surface area contributed by atoms with Gasteiger partial charge in [-0.15, -0.1) is 0 Å². The highest BCUT2D eigenvalue weighted by Crippen LogP contribution is 2.19. The SMILES string of the molecule is Cc1cc(C(=O)N2Cc3nccn3CC(CN(C)C(C)C)C2)no1. The lowest BCUT2D eigenvalue weighted by Crippen LogP contribution is -2.40. The van der Waals surface area contributed by atoms with Crippen molar-refractivity contribution >= 4 is 5.91 Å². The van der Waals surface area contributed by atoms with Crippen LogP contribution in [0.2, 0.25) is 0 Å². The summed E-state index contributed by atoms with van der Waals surface area (Å²) < 4.78 is 7.21. The first-order valence-corrected chi connectivity index (χ1v) is 8.37. The molecule has 0 saturated carbocycles. The van der Waals surface area contributed by atoms with E-state index in [9.17, 15) is 4.79 Å². The number of hydrogen-bond donors (Lipinski definition) is 0. The standard InChI is InChI=1S/C17H25N5O2/c1-12(2)20(4)8-14-9-21-6-5-18-16(21)11-22(10-14)17(23)15-7-13(3)24-19-15/h5-7,12,14H,8-11H2,1-4H3. The van der Waals surface area contributed by atoms with E-state index in [-0.39, 0.29) is 5.91 Å². The quantitative estimate of drug-likeness (QED) is 0.854. The molecule has 1 aliphatic rings. The molecule has 3 heterocycles. The second kappa shape index (κ2) is 6.76. The number of rotatable bonds is 4. The van der Waals surface area contributed by atoms with Crippen LogP contribution in [-0.4, -0.2) is 56.6 Å². The van der Waals surface area contributed by atoms with Gasteiger partial charge in [0.2, 0.25) is 0 Å². The zero-order valence-electron chi connectivity index (χ0n) is 14.8. The van der Waals surface area contributed by atoms with Crippen LogP contribution >= 0.6 is 0 Å². The van der Waals surface area contributed by atoms with E-state index < -0.39 is 0 Å². The van der Waals surface area contributed by atoms with Crippen molar-refractivity contribution in [2.45, 2.75) is 39.9 Å². The lowest BCUT2D eigenvalue weighted by molar-refractivity contribution is 0.0692. The molecule has 2 aromatic rings. The molecule has 7 nitrogen and oxygen atoms in total. The Kier molecular flexibility index (Phi) is 4.71. The van der Waals surface area contributed by atoms with E-state index in [1.807, 2.05) is 11.1 Å². The zero-order valence-corrected chi connectivity index (χ0v) is 14.8. The molecular weight excluding hydrogens is 306 g/mol. The van der Waals surface area contributed by atoms with Gasteiger partial charge in [-0.05, 0) is 27.8 Å². The number of aromatic nitrogens is 3. The smallest absolute Gasteiger partial charge is 0.276 e. The molecule has 0 bridgehead atoms. The number of carbonyl (C=O) groups is 1. The van der Waals surface area contributed by atoms with E-state index in [1.54, 1.807) is 19.2 Å². The number of nitrogens with zero attached hydrogens (tertiary/aromatic N) is 5. The second-order valence-corrected chi connectivity index (χ2v) is 6.90. The molecule has 3 rings (SSSR count). The van der Waals surface area contributed by atoms with Gasteiger partial charge in [-0.2, -0.15) is 0 Å². The molecule has 130 valence electrons. The number of fused-ring (bicyclic) bond motifs is 1. The van der Waals surface area contributed by atoms with E-state index in [4.69, 9.17) is 4.52 Å². The minimum Gasteiger partial charge on any atom is -0.361 e. The molecule has 0 fully saturated rings. The summed E-state index contributed by atoms with van der Waals surface area (Å²) in [6.45, 7) is 9.13. The Balaban J connectivity index is 1.82. The molecule has 0 saturated heterocycles. The Morgan fingerprint density at radius 2 is 2.25 bits per heavy atom. The number of amides is 1. The largest absolute Gasteiger partial charge is 0.361 e. The first kappa shape index (κ1) is 16.7. The number of imidazole rings is 1. The topological polar surface area (TPSA) is 67.4 Å². The Labute approximate surface area is 142 Å². The predicted octanol–water partition coefficient (Wildman–Crippen LogP) is 1.79. The zero-order chi connectivity index (χ0) is 17.3. The molecule has 24 heavy (non-hydrogen) atoms. The van der Waals surface area contributed by atoms with Crippen LogP contribution in [-0.2, 0) is 13.1 Å². The van der Waals surface area contributed by atoms with Crippen LogP contribution in [0, 0.1) is 12.8 Å². The predicted molar refractivity (Wildman–Crippen MR) is 89.5 cm³/mol. The fourth-order valence-electron chi connectivity index (χ4n) is 3.06. The molecule has 7 heteroatoms. The third kappa shape index (κ3) is 3.51. The molecule has 0 aromatic carbocycles. The van der Waals surface area contributed by atoms with Crippen molar-refractivity contribution in [3.05, 3.63) is 35.7 Å². The Hall–Kier alpha value is -2.15. The molecule has 1 amide bonds. The van der Waals surface area contributed by atoms with Crippen molar-refractivity contribution in [2.75, 3.05) is 20.1 Å². The average Bonchev–Trinajstić information content (AvgIpc) is 3.11. The molecule has 1 aliphatic heterocycles. The summed E-state index contributed by atoms with van der Waals surface area (Å²) in [7, 11) is 2.12. The maximum atomic E-state index is 12.8. The Morgan fingerprint density at radius 1 is 1.46 bits per heavy atom. The first-order valence-electron chi connectivity index (χ1n) is 8.37. The Morgan fingerprint density at radius 3 is 2.92 bits per heavy atom. The summed E-state index contributed by atoms with van der Waals surface area (Å²) >= 11 is 0. The van der Waals surface area contributed by atoms with Crippen LogP contribution in [0.3, 0.4) is 0 Å². The van der Waals surface area contributed by atoms with E-state index >= 15 is 0 Å². The summed E-state index contributed by atoms with van der Waals surface area (Å²) in [4.78, 5) is 21.4. The monoisotopic (exact) mass is 331 g/mol. The molecular formula is C17H25N5O2. The van der Waals surface area contributed by atoms with Gasteiger partial charge in [0.25, 0.3) is 5.91 Å². The fraction of sp³-hybridized carbons (Fsp3) is 0.588. The third-order valence-electron chi connectivity index (χ3n) is 4.63. The number of hydrogen-bond acceptors (Lipinski definition) is 5. The summed E-state index contributed by atoms with van der Waals surface area (Å²) in [6.07, 6.45) is 3.79. The molecule has 1 atom stereocenters. The van der Waals surface area contributed by atoms with Gasteiger partial charge in [0.05, 0.1) is 6.54 Å². The molecule has 1 unspecified atom stereocenters. The second-order valence-electron chi connectivity index (χ2n) is 6.90. The van der Waals surface area contributed by atoms with Gasteiger partial charge in [0, 0.05) is 50.1 Å². The molecule has 2 aromatic heterocycles. The van der Waals surface area contributed by atoms with Crippen molar-refractivity contribution in [3.63, 3.8) is 0 Å². The average molecular weight is 331 g/mol. The van der Waals surface area contributed by atoms with Gasteiger partial charge in [-0.1, -0.05) is 5.16 Å². The Bertz CT molecular complexity index is 705. The van der Waals surface area contributed by atoms with Crippen molar-refractivity contribution < 1.29 is 9.32 Å². The summed E-state index contributed by atoms with van der Waals surface area (Å²) in [5.74, 6) is 1.80. The van der Waals surface area contributed by atoms with Crippen LogP contribution in [0.5, 0.6) is 0 Å². The van der Waals surface area contributed by atoms with E-state index in [2.05, 4.69) is 40.5 Å². The van der Waals surface area contributed by atoms with E-state index in [0.717, 1.165) is 18.9 Å². The highest BCUT2D eigenvalue weighted by atomic mass is 16.5. The molecule has 0 radical (unpaired) electrons. The van der Waals surface area contributed by atoms with E-state index in [1.165, 1.54) is 0 Å². The van der Waals surface area contributed by atoms with Gasteiger partial charge >= 0.3 is 0 Å². The van der Waals surface area contributed by atoms with Crippen LogP contribution in [0.4, 0.5) is 0 Å². The first-order chi connectivity index (χ1) is 11.4. The van der Waals surface area contributed by atoms with E-state index in [0.29, 0.717) is 36.5 Å². The van der Waals surface area contributed by atoms with Crippen LogP contribution < -0.4 is 0 Å². The lowest BCUT2D eigenvalue weighted by Gasteiger charge is -2.29. The minimum absolute atomic E-state index is 0.0968. The third-order valence-corrected chi connectivity index (χ3v) is 4.63. The maximum Gasteiger partial charge on any atom is 0.276 e. The van der Waals surface area contributed by atoms with Crippen LogP contribution in [0.1, 0.15) is 35.9 Å². The van der Waals surface area contributed by atoms with Gasteiger partial charge < -0.3 is 18.9 Å². The molecule has 0 spiro atoms. The van der Waals surface area contributed by atoms with Crippen molar-refractivity contribution in [1.29, 1.82) is 0 Å². The number of carbonyl (C=O) groups excluding carboxylic acids is 1. The number of aryl methyl sites for hydroxylation is 1. The molecule has 0 N–H and O–H groups in total. The minimum atomic E-state index is -0.0968. The van der Waals surface area contributed by atoms with Gasteiger partial charge in [0.1, 0.15) is 11.6 Å². The maximum absolute atomic E-state index is 12.8. The van der Waals surface area contributed by atoms with Crippen LogP contribution in [0.25, 0.3) is 0 Å². The van der Waals surface area contributed by atoms with Crippen LogP contribution in [0.15, 0.2) is 23.0 Å². The summed E-state index contributed by atoms with van der Waals surface area (Å²) in [5.41, 5.74) is 0.364. The van der Waals surface area contributed by atoms with Gasteiger partial charge in [-0.25, -0.2) is 4.98 Å². The van der Waals surface area contributed by atoms with Gasteiger partial charge in [-0.3, -0.25) is 4.79 Å². The summed E-state index contributed by atoms with van der Waals surface area (Å²) in [5, 5.41) is 3.88. The van der Waals surface area contributed by atoms with Crippen molar-refractivity contribution in [2.24, 2.45) is 5.92 Å². The van der Waals surface area contributed by atoms with Crippen molar-refractivity contribution in [1.82, 2.24) is 24.5 Å². The normalized spacial score (nSPS) is 18.1.